The van der Waals surface area contributed by atoms with Crippen LogP contribution in [0.4, 0.5) is 0 Å². The number of hydrogen-bond donors (Lipinski definition) is 0. The Labute approximate surface area is 125 Å². The summed E-state index contributed by atoms with van der Waals surface area (Å²) in [4.78, 5) is 0. The highest BCUT2D eigenvalue weighted by molar-refractivity contribution is 9.11. The van der Waals surface area contributed by atoms with Gasteiger partial charge in [-0.1, -0.05) is 12.8 Å². The third kappa shape index (κ3) is 2.63. The second-order valence-electron chi connectivity index (χ2n) is 4.94. The second kappa shape index (κ2) is 5.44. The number of hydrogen-bond acceptors (Lipinski definition) is 4. The third-order valence-corrected chi connectivity index (χ3v) is 7.81. The molecule has 0 spiro atoms. The summed E-state index contributed by atoms with van der Waals surface area (Å²) < 4.78 is 34.1. The Morgan fingerprint density at radius 1 is 1.32 bits per heavy atom. The summed E-state index contributed by atoms with van der Waals surface area (Å²) in [6, 6.07) is 3.49. The summed E-state index contributed by atoms with van der Waals surface area (Å²) in [5.74, 6) is 0. The Bertz CT molecular complexity index is 555. The van der Waals surface area contributed by atoms with Crippen molar-refractivity contribution >= 4 is 37.3 Å². The number of nitrogens with zero attached hydrogens (tertiary/aromatic N) is 1. The summed E-state index contributed by atoms with van der Waals surface area (Å²) in [6.07, 6.45) is 4.20. The van der Waals surface area contributed by atoms with Gasteiger partial charge in [-0.25, -0.2) is 8.42 Å². The van der Waals surface area contributed by atoms with Crippen molar-refractivity contribution in [3.8, 4) is 0 Å². The Morgan fingerprint density at radius 3 is 2.84 bits per heavy atom. The molecule has 0 amide bonds. The van der Waals surface area contributed by atoms with Gasteiger partial charge in [-0.2, -0.15) is 4.31 Å². The van der Waals surface area contributed by atoms with Crippen LogP contribution in [0, 0.1) is 0 Å². The SMILES string of the molecule is O=S(=O)(c1ccc(Br)s1)N1CCO[C@@H]2CCCC[C@H]21. The number of morpholine rings is 1. The molecule has 0 aromatic carbocycles. The molecule has 0 N–H and O–H groups in total. The minimum Gasteiger partial charge on any atom is -0.375 e. The van der Waals surface area contributed by atoms with Crippen LogP contribution in [0.3, 0.4) is 0 Å². The lowest BCUT2D eigenvalue weighted by atomic mass is 9.91. The molecule has 2 atom stereocenters. The summed E-state index contributed by atoms with van der Waals surface area (Å²) in [6.45, 7) is 0.978. The summed E-state index contributed by atoms with van der Waals surface area (Å²) in [5, 5.41) is 0. The van der Waals surface area contributed by atoms with E-state index >= 15 is 0 Å². The fraction of sp³-hybridized carbons (Fsp3) is 0.667. The van der Waals surface area contributed by atoms with Crippen molar-refractivity contribution in [2.24, 2.45) is 0 Å². The largest absolute Gasteiger partial charge is 0.375 e. The van der Waals surface area contributed by atoms with E-state index in [-0.39, 0.29) is 12.1 Å². The molecule has 106 valence electrons. The molecular formula is C12H16BrNO3S2. The lowest BCUT2D eigenvalue weighted by molar-refractivity contribution is -0.0585. The topological polar surface area (TPSA) is 46.6 Å². The van der Waals surface area contributed by atoms with E-state index in [1.165, 1.54) is 11.3 Å². The normalized spacial score (nSPS) is 29.1. The Hall–Kier alpha value is 0.0500. The van der Waals surface area contributed by atoms with Gasteiger partial charge in [-0.3, -0.25) is 0 Å². The number of fused-ring (bicyclic) bond motifs is 1. The van der Waals surface area contributed by atoms with Crippen molar-refractivity contribution in [3.05, 3.63) is 15.9 Å². The predicted octanol–water partition coefficient (Wildman–Crippen LogP) is 2.84. The van der Waals surface area contributed by atoms with Crippen LogP contribution < -0.4 is 0 Å². The van der Waals surface area contributed by atoms with Gasteiger partial charge >= 0.3 is 0 Å². The maximum Gasteiger partial charge on any atom is 0.253 e. The summed E-state index contributed by atoms with van der Waals surface area (Å²) in [5.41, 5.74) is 0. The van der Waals surface area contributed by atoms with E-state index < -0.39 is 10.0 Å². The van der Waals surface area contributed by atoms with Crippen LogP contribution in [0.2, 0.25) is 0 Å². The molecule has 0 unspecified atom stereocenters. The van der Waals surface area contributed by atoms with Crippen molar-refractivity contribution < 1.29 is 13.2 Å². The molecule has 4 nitrogen and oxygen atoms in total. The Morgan fingerprint density at radius 2 is 2.11 bits per heavy atom. The van der Waals surface area contributed by atoms with Gasteiger partial charge in [0.2, 0.25) is 0 Å². The summed E-state index contributed by atoms with van der Waals surface area (Å²) >= 11 is 4.60. The minimum atomic E-state index is -3.37. The van der Waals surface area contributed by atoms with Crippen molar-refractivity contribution in [2.75, 3.05) is 13.2 Å². The zero-order valence-electron chi connectivity index (χ0n) is 10.4. The molecule has 2 fully saturated rings. The van der Waals surface area contributed by atoms with E-state index in [1.54, 1.807) is 16.4 Å². The van der Waals surface area contributed by atoms with Gasteiger partial charge in [0.25, 0.3) is 10.0 Å². The number of rotatable bonds is 2. The van der Waals surface area contributed by atoms with Crippen molar-refractivity contribution in [1.29, 1.82) is 0 Å². The van der Waals surface area contributed by atoms with E-state index in [0.29, 0.717) is 17.4 Å². The molecule has 1 aromatic rings. The average Bonchev–Trinajstić information content (AvgIpc) is 2.85. The van der Waals surface area contributed by atoms with Crippen LogP contribution in [-0.4, -0.2) is 38.0 Å². The molecule has 1 aliphatic heterocycles. The number of ether oxygens (including phenoxy) is 1. The maximum absolute atomic E-state index is 12.7. The average molecular weight is 366 g/mol. The molecule has 2 heterocycles. The first-order chi connectivity index (χ1) is 9.09. The van der Waals surface area contributed by atoms with Gasteiger partial charge in [0, 0.05) is 6.54 Å². The van der Waals surface area contributed by atoms with E-state index in [0.717, 1.165) is 29.5 Å². The van der Waals surface area contributed by atoms with Gasteiger partial charge in [0.05, 0.1) is 22.5 Å². The first-order valence-corrected chi connectivity index (χ1v) is 9.53. The molecule has 1 saturated heterocycles. The van der Waals surface area contributed by atoms with E-state index in [9.17, 15) is 8.42 Å². The quantitative estimate of drug-likeness (QED) is 0.809. The summed E-state index contributed by atoms with van der Waals surface area (Å²) in [7, 11) is -3.37. The third-order valence-electron chi connectivity index (χ3n) is 3.79. The smallest absolute Gasteiger partial charge is 0.253 e. The molecule has 7 heteroatoms. The van der Waals surface area contributed by atoms with Crippen molar-refractivity contribution in [1.82, 2.24) is 4.31 Å². The maximum atomic E-state index is 12.7. The Kier molecular flexibility index (Phi) is 4.01. The molecule has 2 aliphatic rings. The first-order valence-electron chi connectivity index (χ1n) is 6.48. The predicted molar refractivity (Wildman–Crippen MR) is 77.9 cm³/mol. The van der Waals surface area contributed by atoms with Crippen LogP contribution in [0.15, 0.2) is 20.1 Å². The van der Waals surface area contributed by atoms with Gasteiger partial charge in [0.15, 0.2) is 0 Å². The van der Waals surface area contributed by atoms with Gasteiger partial charge in [-0.15, -0.1) is 11.3 Å². The van der Waals surface area contributed by atoms with E-state index in [1.807, 2.05) is 0 Å². The van der Waals surface area contributed by atoms with Crippen molar-refractivity contribution in [3.63, 3.8) is 0 Å². The van der Waals surface area contributed by atoms with Crippen LogP contribution in [-0.2, 0) is 14.8 Å². The fourth-order valence-corrected chi connectivity index (χ4v) is 6.71. The molecular weight excluding hydrogens is 350 g/mol. The molecule has 3 rings (SSSR count). The standard InChI is InChI=1S/C12H16BrNO3S2/c13-11-5-6-12(18-11)19(15,16)14-7-8-17-10-4-2-1-3-9(10)14/h5-6,9-10H,1-4,7-8H2/t9-,10-/m1/s1. The molecule has 0 radical (unpaired) electrons. The Balaban J connectivity index is 1.91. The highest BCUT2D eigenvalue weighted by Gasteiger charge is 2.41. The van der Waals surface area contributed by atoms with Crippen LogP contribution >= 0.6 is 27.3 Å². The van der Waals surface area contributed by atoms with E-state index in [2.05, 4.69) is 15.9 Å². The monoisotopic (exact) mass is 365 g/mol. The highest BCUT2D eigenvalue weighted by atomic mass is 79.9. The molecule has 0 bridgehead atoms. The molecule has 1 aliphatic carbocycles. The molecule has 1 saturated carbocycles. The van der Waals surface area contributed by atoms with Crippen molar-refractivity contribution in [2.45, 2.75) is 42.0 Å². The highest BCUT2D eigenvalue weighted by Crippen LogP contribution is 2.35. The number of halogens is 1. The van der Waals surface area contributed by atoms with Gasteiger partial charge < -0.3 is 4.74 Å². The lowest BCUT2D eigenvalue weighted by Gasteiger charge is -2.42. The van der Waals surface area contributed by atoms with Gasteiger partial charge in [0.1, 0.15) is 4.21 Å². The molecule has 1 aromatic heterocycles. The fourth-order valence-electron chi connectivity index (χ4n) is 2.91. The minimum absolute atomic E-state index is 0.0216. The number of thiophene rings is 1. The van der Waals surface area contributed by atoms with E-state index in [4.69, 9.17) is 4.74 Å². The first kappa shape index (κ1) is 14.0. The lowest BCUT2D eigenvalue weighted by Crippen LogP contribution is -2.54. The van der Waals surface area contributed by atoms with Crippen LogP contribution in [0.25, 0.3) is 0 Å². The van der Waals surface area contributed by atoms with Crippen LogP contribution in [0.5, 0.6) is 0 Å². The zero-order chi connectivity index (χ0) is 13.5. The second-order valence-corrected chi connectivity index (χ2v) is 9.52. The van der Waals surface area contributed by atoms with Gasteiger partial charge in [-0.05, 0) is 40.9 Å². The number of sulfonamides is 1. The zero-order valence-corrected chi connectivity index (χ0v) is 13.6. The van der Waals surface area contributed by atoms with Crippen LogP contribution in [0.1, 0.15) is 25.7 Å². The molecule has 19 heavy (non-hydrogen) atoms.